The minimum atomic E-state index is -0.632. The molecule has 0 aliphatic rings. The number of anilines is 1. The zero-order chi connectivity index (χ0) is 24.0. The van der Waals surface area contributed by atoms with Gasteiger partial charge in [-0.2, -0.15) is 0 Å². The molecule has 9 nitrogen and oxygen atoms in total. The maximum absolute atomic E-state index is 12.6. The predicted octanol–water partition coefficient (Wildman–Crippen LogP) is 4.84. The first-order valence-corrected chi connectivity index (χ1v) is 12.0. The van der Waals surface area contributed by atoms with Crippen LogP contribution in [-0.4, -0.2) is 47.0 Å². The molecule has 0 radical (unpaired) electrons. The molecule has 1 N–H and O–H groups in total. The second kappa shape index (κ2) is 11.3. The lowest BCUT2D eigenvalue weighted by Gasteiger charge is -2.06. The van der Waals surface area contributed by atoms with E-state index in [0.29, 0.717) is 16.1 Å². The lowest BCUT2D eigenvalue weighted by Crippen LogP contribution is -2.16. The van der Waals surface area contributed by atoms with Crippen LogP contribution < -0.4 is 5.32 Å². The fourth-order valence-corrected chi connectivity index (χ4v) is 4.60. The van der Waals surface area contributed by atoms with E-state index in [9.17, 15) is 14.4 Å². The molecule has 1 aromatic carbocycles. The van der Waals surface area contributed by atoms with E-state index in [1.165, 1.54) is 0 Å². The van der Waals surface area contributed by atoms with Crippen molar-refractivity contribution in [2.24, 2.45) is 0 Å². The van der Waals surface area contributed by atoms with E-state index in [1.807, 2.05) is 0 Å². The van der Waals surface area contributed by atoms with Gasteiger partial charge in [-0.25, -0.2) is 9.59 Å². The van der Waals surface area contributed by atoms with Crippen molar-refractivity contribution in [1.29, 1.82) is 0 Å². The molecule has 3 rings (SSSR count). The molecule has 12 heteroatoms. The summed E-state index contributed by atoms with van der Waals surface area (Å²) >= 11 is 7.97. The highest BCUT2D eigenvalue weighted by Gasteiger charge is 2.27. The minimum Gasteiger partial charge on any atom is -0.462 e. The molecule has 1 amide bonds. The van der Waals surface area contributed by atoms with Gasteiger partial charge in [0.25, 0.3) is 5.22 Å². The van der Waals surface area contributed by atoms with Gasteiger partial charge in [0.15, 0.2) is 0 Å². The Bertz CT molecular complexity index is 1180. The van der Waals surface area contributed by atoms with Gasteiger partial charge in [-0.3, -0.25) is 4.79 Å². The predicted molar refractivity (Wildman–Crippen MR) is 125 cm³/mol. The fourth-order valence-electron chi connectivity index (χ4n) is 2.74. The molecule has 0 saturated carbocycles. The Hall–Kier alpha value is -2.89. The van der Waals surface area contributed by atoms with Crippen molar-refractivity contribution >= 4 is 57.5 Å². The summed E-state index contributed by atoms with van der Waals surface area (Å²) in [5.74, 6) is -1.42. The molecule has 2 aromatic heterocycles. The Morgan fingerprint density at radius 2 is 1.88 bits per heavy atom. The van der Waals surface area contributed by atoms with E-state index < -0.39 is 17.8 Å². The number of esters is 2. The molecule has 174 valence electrons. The molecule has 0 fully saturated rings. The number of thiophene rings is 1. The zero-order valence-corrected chi connectivity index (χ0v) is 20.4. The molecular formula is C21H20ClN3O6S2. The van der Waals surface area contributed by atoms with Crippen LogP contribution in [0.5, 0.6) is 0 Å². The van der Waals surface area contributed by atoms with Crippen molar-refractivity contribution < 1.29 is 28.3 Å². The summed E-state index contributed by atoms with van der Waals surface area (Å²) in [6.07, 6.45) is 0. The normalized spacial score (nSPS) is 10.7. The molecular weight excluding hydrogens is 490 g/mol. The third kappa shape index (κ3) is 6.12. The Labute approximate surface area is 202 Å². The summed E-state index contributed by atoms with van der Waals surface area (Å²) in [4.78, 5) is 37.5. The summed E-state index contributed by atoms with van der Waals surface area (Å²) < 4.78 is 15.7. The highest BCUT2D eigenvalue weighted by molar-refractivity contribution is 7.99. The monoisotopic (exact) mass is 509 g/mol. The number of nitrogens with zero attached hydrogens (tertiary/aromatic N) is 2. The number of amides is 1. The quantitative estimate of drug-likeness (QED) is 0.319. The van der Waals surface area contributed by atoms with Crippen LogP contribution in [0.2, 0.25) is 5.02 Å². The molecule has 0 aliphatic carbocycles. The van der Waals surface area contributed by atoms with Crippen molar-refractivity contribution in [1.82, 2.24) is 10.2 Å². The van der Waals surface area contributed by atoms with E-state index in [1.54, 1.807) is 45.0 Å². The van der Waals surface area contributed by atoms with Gasteiger partial charge in [0.2, 0.25) is 11.8 Å². The minimum absolute atomic E-state index is 0.0644. The number of thioether (sulfide) groups is 1. The Morgan fingerprint density at radius 1 is 1.15 bits per heavy atom. The number of aromatic nitrogens is 2. The van der Waals surface area contributed by atoms with Crippen molar-refractivity contribution in [3.05, 3.63) is 45.3 Å². The Balaban J connectivity index is 1.71. The van der Waals surface area contributed by atoms with Gasteiger partial charge in [0, 0.05) is 10.6 Å². The number of carbonyl (C=O) groups excluding carboxylic acids is 3. The van der Waals surface area contributed by atoms with Crippen LogP contribution in [0, 0.1) is 6.92 Å². The van der Waals surface area contributed by atoms with E-state index in [-0.39, 0.29) is 45.5 Å². The topological polar surface area (TPSA) is 121 Å². The molecule has 0 atom stereocenters. The average molecular weight is 510 g/mol. The summed E-state index contributed by atoms with van der Waals surface area (Å²) in [7, 11) is 0. The van der Waals surface area contributed by atoms with Crippen LogP contribution in [0.25, 0.3) is 11.5 Å². The molecule has 0 saturated heterocycles. The fraction of sp³-hybridized carbons (Fsp3) is 0.286. The lowest BCUT2D eigenvalue weighted by molar-refractivity contribution is -0.113. The van der Waals surface area contributed by atoms with Gasteiger partial charge < -0.3 is 19.2 Å². The average Bonchev–Trinajstić information content (AvgIpc) is 3.37. The van der Waals surface area contributed by atoms with Crippen LogP contribution >= 0.6 is 34.7 Å². The van der Waals surface area contributed by atoms with E-state index in [2.05, 4.69) is 15.5 Å². The van der Waals surface area contributed by atoms with Gasteiger partial charge >= 0.3 is 11.9 Å². The number of nitrogens with one attached hydrogen (secondary N) is 1. The Morgan fingerprint density at radius 3 is 2.58 bits per heavy atom. The van der Waals surface area contributed by atoms with Crippen LogP contribution in [0.3, 0.4) is 0 Å². The van der Waals surface area contributed by atoms with Crippen molar-refractivity contribution in [3.8, 4) is 11.5 Å². The number of hydrogen-bond donors (Lipinski definition) is 1. The van der Waals surface area contributed by atoms with Gasteiger partial charge in [-0.1, -0.05) is 29.4 Å². The van der Waals surface area contributed by atoms with Gasteiger partial charge in [0.05, 0.1) is 24.5 Å². The maximum Gasteiger partial charge on any atom is 0.348 e. The van der Waals surface area contributed by atoms with Crippen molar-refractivity contribution in [2.45, 2.75) is 26.0 Å². The van der Waals surface area contributed by atoms with Crippen LogP contribution in [0.1, 0.15) is 39.4 Å². The summed E-state index contributed by atoms with van der Waals surface area (Å²) in [5, 5.41) is 11.5. The molecule has 0 aliphatic heterocycles. The second-order valence-corrected chi connectivity index (χ2v) is 8.81. The smallest absolute Gasteiger partial charge is 0.348 e. The van der Waals surface area contributed by atoms with Crippen LogP contribution in [0.15, 0.2) is 33.9 Å². The highest BCUT2D eigenvalue weighted by atomic mass is 35.5. The number of rotatable bonds is 9. The standard InChI is InChI=1S/C21H20ClN3O6S2/c1-4-29-19(27)15-11(3)16(20(28)30-5-2)33-18(15)23-14(26)10-32-21-25-24-17(31-21)12-7-6-8-13(22)9-12/h6-9H,4-5,10H2,1-3H3,(H,23,26). The first-order chi connectivity index (χ1) is 15.8. The second-order valence-electron chi connectivity index (χ2n) is 6.42. The highest BCUT2D eigenvalue weighted by Crippen LogP contribution is 2.34. The van der Waals surface area contributed by atoms with Gasteiger partial charge in [0.1, 0.15) is 9.88 Å². The summed E-state index contributed by atoms with van der Waals surface area (Å²) in [6, 6.07) is 6.95. The van der Waals surface area contributed by atoms with E-state index in [4.69, 9.17) is 25.5 Å². The number of halogens is 1. The van der Waals surface area contributed by atoms with Gasteiger partial charge in [-0.15, -0.1) is 21.5 Å². The maximum atomic E-state index is 12.6. The number of ether oxygens (including phenoxy) is 2. The number of hydrogen-bond acceptors (Lipinski definition) is 10. The SMILES string of the molecule is CCOC(=O)c1sc(NC(=O)CSc2nnc(-c3cccc(Cl)c3)o2)c(C(=O)OCC)c1C. The van der Waals surface area contributed by atoms with Gasteiger partial charge in [-0.05, 0) is 44.5 Å². The third-order valence-electron chi connectivity index (χ3n) is 4.14. The third-order valence-corrected chi connectivity index (χ3v) is 6.39. The molecule has 0 spiro atoms. The summed E-state index contributed by atoms with van der Waals surface area (Å²) in [5.41, 5.74) is 1.18. The molecule has 0 bridgehead atoms. The summed E-state index contributed by atoms with van der Waals surface area (Å²) in [6.45, 7) is 5.29. The zero-order valence-electron chi connectivity index (χ0n) is 18.0. The number of benzene rings is 1. The number of carbonyl (C=O) groups is 3. The first-order valence-electron chi connectivity index (χ1n) is 9.83. The largest absolute Gasteiger partial charge is 0.462 e. The van der Waals surface area contributed by atoms with Crippen molar-refractivity contribution in [3.63, 3.8) is 0 Å². The van der Waals surface area contributed by atoms with E-state index >= 15 is 0 Å². The van der Waals surface area contributed by atoms with Crippen LogP contribution in [0.4, 0.5) is 5.00 Å². The van der Waals surface area contributed by atoms with E-state index in [0.717, 1.165) is 23.1 Å². The first kappa shape index (κ1) is 24.7. The van der Waals surface area contributed by atoms with Crippen molar-refractivity contribution in [2.75, 3.05) is 24.3 Å². The molecule has 0 unspecified atom stereocenters. The molecule has 2 heterocycles. The molecule has 33 heavy (non-hydrogen) atoms. The lowest BCUT2D eigenvalue weighted by atomic mass is 10.1. The Kier molecular flexibility index (Phi) is 8.48. The van der Waals surface area contributed by atoms with Crippen LogP contribution in [-0.2, 0) is 14.3 Å². The molecule has 3 aromatic rings.